The van der Waals surface area contributed by atoms with E-state index >= 15 is 0 Å². The lowest BCUT2D eigenvalue weighted by Gasteiger charge is -2.38. The van der Waals surface area contributed by atoms with Gasteiger partial charge in [0.1, 0.15) is 11.9 Å². The zero-order valence-electron chi connectivity index (χ0n) is 24.7. The molecule has 1 atom stereocenters. The van der Waals surface area contributed by atoms with Crippen molar-refractivity contribution in [2.24, 2.45) is 5.73 Å². The SMILES string of the molecule is CN(c1nccc(=O)n1COC(=O)C(N)c1ccccc1)C1CCN(c2nc3c(n2Cc2ccc(F)cc2)=CCCC=3)CC1. The molecule has 228 valence electrons. The maximum Gasteiger partial charge on any atom is 0.329 e. The van der Waals surface area contributed by atoms with Gasteiger partial charge in [0.2, 0.25) is 11.9 Å². The molecule has 1 fully saturated rings. The van der Waals surface area contributed by atoms with E-state index in [1.807, 2.05) is 30.1 Å². The summed E-state index contributed by atoms with van der Waals surface area (Å²) < 4.78 is 22.6. The van der Waals surface area contributed by atoms with E-state index in [0.717, 1.165) is 61.0 Å². The largest absolute Gasteiger partial charge is 0.442 e. The van der Waals surface area contributed by atoms with Gasteiger partial charge >= 0.3 is 5.97 Å². The maximum atomic E-state index is 13.6. The Balaban J connectivity index is 1.16. The van der Waals surface area contributed by atoms with Crippen LogP contribution in [0.5, 0.6) is 0 Å². The summed E-state index contributed by atoms with van der Waals surface area (Å²) in [5, 5.41) is 2.10. The predicted octanol–water partition coefficient (Wildman–Crippen LogP) is 2.29. The van der Waals surface area contributed by atoms with Crippen molar-refractivity contribution in [3.63, 3.8) is 0 Å². The van der Waals surface area contributed by atoms with E-state index in [0.29, 0.717) is 18.1 Å². The number of aromatic nitrogens is 4. The molecule has 44 heavy (non-hydrogen) atoms. The molecule has 2 N–H and O–H groups in total. The standard InChI is InChI=1S/C33H36FN7O3/c1-38(32-36-18-15-29(42)41(32)22-44-31(43)30(35)24-7-3-2-4-8-24)26-16-19-39(20-17-26)33-37-27-9-5-6-10-28(27)40(33)21-23-11-13-25(34)14-12-23/h2-4,7-15,18,26,30H,5-6,16-17,19-22,35H2,1H3. The zero-order valence-corrected chi connectivity index (χ0v) is 24.7. The summed E-state index contributed by atoms with van der Waals surface area (Å²) >= 11 is 0. The lowest BCUT2D eigenvalue weighted by atomic mass is 10.0. The smallest absolute Gasteiger partial charge is 0.329 e. The summed E-state index contributed by atoms with van der Waals surface area (Å²) in [4.78, 5) is 39.3. The Morgan fingerprint density at radius 3 is 2.52 bits per heavy atom. The predicted molar refractivity (Wildman–Crippen MR) is 167 cm³/mol. The molecule has 0 radical (unpaired) electrons. The molecule has 2 aliphatic rings. The van der Waals surface area contributed by atoms with Gasteiger partial charge in [-0.3, -0.25) is 4.79 Å². The van der Waals surface area contributed by atoms with Crippen molar-refractivity contribution >= 4 is 30.0 Å². The highest BCUT2D eigenvalue weighted by Gasteiger charge is 2.28. The summed E-state index contributed by atoms with van der Waals surface area (Å²) in [6, 6.07) is 16.1. The molecule has 1 aliphatic heterocycles. The first-order valence-corrected chi connectivity index (χ1v) is 14.9. The van der Waals surface area contributed by atoms with Crippen LogP contribution in [0.4, 0.5) is 16.3 Å². The monoisotopic (exact) mass is 597 g/mol. The Bertz CT molecular complexity index is 1800. The van der Waals surface area contributed by atoms with Crippen molar-refractivity contribution < 1.29 is 13.9 Å². The van der Waals surface area contributed by atoms with Crippen molar-refractivity contribution in [2.75, 3.05) is 29.9 Å². The second-order valence-electron chi connectivity index (χ2n) is 11.2. The molecule has 2 aromatic carbocycles. The van der Waals surface area contributed by atoms with Crippen LogP contribution >= 0.6 is 0 Å². The molecule has 10 nitrogen and oxygen atoms in total. The van der Waals surface area contributed by atoms with Gasteiger partial charge in [-0.05, 0) is 48.9 Å². The molecule has 0 spiro atoms. The van der Waals surface area contributed by atoms with Crippen LogP contribution in [0.2, 0.25) is 0 Å². The third-order valence-corrected chi connectivity index (χ3v) is 8.38. The van der Waals surface area contributed by atoms with E-state index in [9.17, 15) is 14.0 Å². The summed E-state index contributed by atoms with van der Waals surface area (Å²) in [6.07, 6.45) is 9.43. The number of carbonyl (C=O) groups is 1. The molecule has 0 amide bonds. The van der Waals surface area contributed by atoms with Crippen LogP contribution in [0.15, 0.2) is 71.7 Å². The van der Waals surface area contributed by atoms with Gasteiger partial charge in [-0.1, -0.05) is 54.6 Å². The van der Waals surface area contributed by atoms with Gasteiger partial charge in [-0.15, -0.1) is 0 Å². The Labute approximate surface area is 254 Å². The minimum Gasteiger partial charge on any atom is -0.442 e. The molecule has 2 aromatic heterocycles. The van der Waals surface area contributed by atoms with Gasteiger partial charge in [0.05, 0.1) is 17.2 Å². The molecule has 0 bridgehead atoms. The van der Waals surface area contributed by atoms with Crippen LogP contribution in [0.3, 0.4) is 0 Å². The molecule has 0 saturated carbocycles. The summed E-state index contributed by atoms with van der Waals surface area (Å²) in [5.74, 6) is 0.461. The second kappa shape index (κ2) is 12.8. The van der Waals surface area contributed by atoms with Crippen LogP contribution in [-0.4, -0.2) is 51.3 Å². The summed E-state index contributed by atoms with van der Waals surface area (Å²) in [6.45, 7) is 1.83. The number of fused-ring (bicyclic) bond motifs is 1. The zero-order chi connectivity index (χ0) is 30.6. The van der Waals surface area contributed by atoms with Crippen LogP contribution in [-0.2, 0) is 22.8 Å². The van der Waals surface area contributed by atoms with E-state index < -0.39 is 12.0 Å². The van der Waals surface area contributed by atoms with E-state index in [1.165, 1.54) is 29.0 Å². The van der Waals surface area contributed by atoms with Gasteiger partial charge in [-0.25, -0.2) is 23.7 Å². The van der Waals surface area contributed by atoms with Crippen molar-refractivity contribution in [1.29, 1.82) is 0 Å². The molecule has 1 saturated heterocycles. The number of nitrogens with zero attached hydrogens (tertiary/aromatic N) is 6. The number of carbonyl (C=O) groups excluding carboxylic acids is 1. The first-order valence-electron chi connectivity index (χ1n) is 14.9. The van der Waals surface area contributed by atoms with Gasteiger partial charge in [0.25, 0.3) is 5.56 Å². The highest BCUT2D eigenvalue weighted by molar-refractivity contribution is 5.77. The number of nitrogens with two attached hydrogens (primary N) is 1. The average Bonchev–Trinajstić information content (AvgIpc) is 3.43. The van der Waals surface area contributed by atoms with E-state index in [1.54, 1.807) is 24.3 Å². The minimum atomic E-state index is -0.953. The molecular weight excluding hydrogens is 561 g/mol. The van der Waals surface area contributed by atoms with Crippen molar-refractivity contribution in [1.82, 2.24) is 19.1 Å². The van der Waals surface area contributed by atoms with Crippen LogP contribution in [0.1, 0.15) is 42.9 Å². The number of anilines is 2. The van der Waals surface area contributed by atoms with Crippen molar-refractivity contribution in [2.45, 2.75) is 51.0 Å². The number of hydrogen-bond donors (Lipinski definition) is 1. The second-order valence-corrected chi connectivity index (χ2v) is 11.2. The molecular formula is C33H36FN7O3. The number of benzene rings is 2. The third-order valence-electron chi connectivity index (χ3n) is 8.38. The maximum absolute atomic E-state index is 13.6. The van der Waals surface area contributed by atoms with E-state index in [4.69, 9.17) is 15.5 Å². The molecule has 6 rings (SSSR count). The fourth-order valence-electron chi connectivity index (χ4n) is 5.91. The van der Waals surface area contributed by atoms with Crippen LogP contribution < -0.4 is 31.8 Å². The number of imidazole rings is 1. The third kappa shape index (κ3) is 6.14. The Morgan fingerprint density at radius 2 is 1.77 bits per heavy atom. The Hall–Kier alpha value is -4.77. The number of esters is 1. The molecule has 1 unspecified atom stereocenters. The number of rotatable bonds is 9. The van der Waals surface area contributed by atoms with Gasteiger partial charge in [-0.2, -0.15) is 0 Å². The van der Waals surface area contributed by atoms with Crippen LogP contribution in [0, 0.1) is 5.82 Å². The Morgan fingerprint density at radius 1 is 1.05 bits per heavy atom. The topological polar surface area (TPSA) is 112 Å². The number of piperidine rings is 1. The fourth-order valence-corrected chi connectivity index (χ4v) is 5.91. The Kier molecular flexibility index (Phi) is 8.56. The molecule has 11 heteroatoms. The highest BCUT2D eigenvalue weighted by Crippen LogP contribution is 2.23. The number of ether oxygens (including phenoxy) is 1. The number of halogens is 1. The van der Waals surface area contributed by atoms with E-state index in [2.05, 4.69) is 26.6 Å². The minimum absolute atomic E-state index is 0.0994. The van der Waals surface area contributed by atoms with Gasteiger partial charge in [0.15, 0.2) is 6.73 Å². The first kappa shape index (κ1) is 29.3. The lowest BCUT2D eigenvalue weighted by molar-refractivity contribution is -0.149. The first-order chi connectivity index (χ1) is 21.4. The van der Waals surface area contributed by atoms with E-state index in [-0.39, 0.29) is 24.1 Å². The van der Waals surface area contributed by atoms with Gasteiger partial charge < -0.3 is 24.8 Å². The van der Waals surface area contributed by atoms with Crippen molar-refractivity contribution in [3.8, 4) is 0 Å². The molecule has 1 aliphatic carbocycles. The lowest BCUT2D eigenvalue weighted by Crippen LogP contribution is -2.46. The number of hydrogen-bond acceptors (Lipinski definition) is 8. The van der Waals surface area contributed by atoms with Gasteiger partial charge in [0, 0.05) is 38.4 Å². The van der Waals surface area contributed by atoms with Crippen LogP contribution in [0.25, 0.3) is 12.2 Å². The quantitative estimate of drug-likeness (QED) is 0.293. The molecule has 3 heterocycles. The fraction of sp³-hybridized carbons (Fsp3) is 0.333. The normalized spacial score (nSPS) is 15.6. The average molecular weight is 598 g/mol. The summed E-state index contributed by atoms with van der Waals surface area (Å²) in [7, 11) is 1.91. The molecule has 4 aromatic rings. The summed E-state index contributed by atoms with van der Waals surface area (Å²) in [5.41, 5.74) is 7.42. The highest BCUT2D eigenvalue weighted by atomic mass is 19.1. The van der Waals surface area contributed by atoms with Crippen molar-refractivity contribution in [3.05, 3.63) is 105 Å².